The Hall–Kier alpha value is -1.89. The van der Waals surface area contributed by atoms with E-state index in [4.69, 9.17) is 23.1 Å². The normalized spacial score (nSPS) is 26.9. The highest BCUT2D eigenvalue weighted by molar-refractivity contribution is 7.86. The summed E-state index contributed by atoms with van der Waals surface area (Å²) in [5, 5.41) is 11.1. The van der Waals surface area contributed by atoms with Crippen LogP contribution in [-0.4, -0.2) is 81.7 Å². The number of ether oxygens (including phenoxy) is 4. The van der Waals surface area contributed by atoms with Gasteiger partial charge in [0.25, 0.3) is 10.1 Å². The summed E-state index contributed by atoms with van der Waals surface area (Å²) >= 11 is 0. The Labute approximate surface area is 219 Å². The molecule has 0 radical (unpaired) electrons. The summed E-state index contributed by atoms with van der Waals surface area (Å²) < 4.78 is 54.3. The lowest BCUT2D eigenvalue weighted by molar-refractivity contribution is -0.163. The topological polar surface area (TPSA) is 104 Å². The molecule has 9 nitrogen and oxygen atoms in total. The summed E-state index contributed by atoms with van der Waals surface area (Å²) in [5.74, 6) is -0.987. The lowest BCUT2D eigenvalue weighted by Crippen LogP contribution is -2.53. The molecule has 2 aromatic rings. The number of methoxy groups -OCH3 is 1. The van der Waals surface area contributed by atoms with Crippen LogP contribution in [0, 0.1) is 6.92 Å². The molecule has 204 valence electrons. The Morgan fingerprint density at radius 3 is 2.49 bits per heavy atom. The van der Waals surface area contributed by atoms with E-state index in [1.165, 1.54) is 12.1 Å². The van der Waals surface area contributed by atoms with Crippen molar-refractivity contribution in [3.05, 3.63) is 65.7 Å². The molecule has 1 N–H and O–H groups in total. The van der Waals surface area contributed by atoms with E-state index >= 15 is 0 Å². The Morgan fingerprint density at radius 1 is 1.11 bits per heavy atom. The SMILES string of the molecule is COCO[C@H]1CCN(Cc2ccccc2)[C@@H]1[C@H]1OC(C)(C)O[C@@H]1[C@H](O)COS(=O)(=O)c1ccc(C)cc1. The van der Waals surface area contributed by atoms with Crippen molar-refractivity contribution in [1.29, 1.82) is 0 Å². The van der Waals surface area contributed by atoms with Crippen LogP contribution in [0.4, 0.5) is 0 Å². The second-order valence-electron chi connectivity index (χ2n) is 10.0. The van der Waals surface area contributed by atoms with Crippen LogP contribution in [0.5, 0.6) is 0 Å². The smallest absolute Gasteiger partial charge is 0.297 e. The van der Waals surface area contributed by atoms with Gasteiger partial charge in [-0.3, -0.25) is 9.08 Å². The van der Waals surface area contributed by atoms with Gasteiger partial charge < -0.3 is 24.1 Å². The number of aryl methyl sites for hydroxylation is 1. The van der Waals surface area contributed by atoms with Gasteiger partial charge in [-0.2, -0.15) is 8.42 Å². The molecule has 37 heavy (non-hydrogen) atoms. The summed E-state index contributed by atoms with van der Waals surface area (Å²) in [4.78, 5) is 2.29. The van der Waals surface area contributed by atoms with Crippen molar-refractivity contribution in [3.8, 4) is 0 Å². The predicted molar refractivity (Wildman–Crippen MR) is 136 cm³/mol. The van der Waals surface area contributed by atoms with Crippen molar-refractivity contribution in [2.75, 3.05) is 27.1 Å². The van der Waals surface area contributed by atoms with Gasteiger partial charge in [0, 0.05) is 20.2 Å². The zero-order valence-corrected chi connectivity index (χ0v) is 22.6. The predicted octanol–water partition coefficient (Wildman–Crippen LogP) is 2.84. The fourth-order valence-electron chi connectivity index (χ4n) is 5.01. The average molecular weight is 536 g/mol. The van der Waals surface area contributed by atoms with Crippen molar-refractivity contribution in [2.24, 2.45) is 0 Å². The number of rotatable bonds is 11. The zero-order chi connectivity index (χ0) is 26.6. The number of aliphatic hydroxyl groups is 1. The van der Waals surface area contributed by atoms with E-state index in [9.17, 15) is 13.5 Å². The molecule has 2 fully saturated rings. The highest BCUT2D eigenvalue weighted by atomic mass is 32.2. The third-order valence-electron chi connectivity index (χ3n) is 6.71. The van der Waals surface area contributed by atoms with E-state index in [2.05, 4.69) is 17.0 Å². The van der Waals surface area contributed by atoms with Crippen LogP contribution in [0.15, 0.2) is 59.5 Å². The van der Waals surface area contributed by atoms with Gasteiger partial charge in [0.2, 0.25) is 0 Å². The fourth-order valence-corrected chi connectivity index (χ4v) is 5.94. The molecule has 10 heteroatoms. The maximum atomic E-state index is 12.7. The maximum Gasteiger partial charge on any atom is 0.297 e. The van der Waals surface area contributed by atoms with Crippen LogP contribution in [0.1, 0.15) is 31.4 Å². The fraction of sp³-hybridized carbons (Fsp3) is 0.556. The van der Waals surface area contributed by atoms with Crippen molar-refractivity contribution >= 4 is 10.1 Å². The average Bonchev–Trinajstić information content (AvgIpc) is 3.41. The van der Waals surface area contributed by atoms with Gasteiger partial charge in [-0.25, -0.2) is 0 Å². The second-order valence-corrected chi connectivity index (χ2v) is 11.6. The Morgan fingerprint density at radius 2 is 1.81 bits per heavy atom. The molecule has 0 spiro atoms. The molecule has 0 amide bonds. The molecule has 0 aliphatic carbocycles. The first-order valence-corrected chi connectivity index (χ1v) is 13.9. The van der Waals surface area contributed by atoms with Crippen molar-refractivity contribution in [2.45, 2.75) is 74.9 Å². The van der Waals surface area contributed by atoms with Crippen molar-refractivity contribution < 1.29 is 36.7 Å². The van der Waals surface area contributed by atoms with Crippen LogP contribution in [0.2, 0.25) is 0 Å². The van der Waals surface area contributed by atoms with E-state index < -0.39 is 40.8 Å². The van der Waals surface area contributed by atoms with Crippen LogP contribution >= 0.6 is 0 Å². The van der Waals surface area contributed by atoms with E-state index in [1.807, 2.05) is 25.1 Å². The first-order chi connectivity index (χ1) is 17.6. The molecular weight excluding hydrogens is 498 g/mol. The van der Waals surface area contributed by atoms with Gasteiger partial charge in [0.05, 0.1) is 23.6 Å². The van der Waals surface area contributed by atoms with Crippen molar-refractivity contribution in [1.82, 2.24) is 4.90 Å². The summed E-state index contributed by atoms with van der Waals surface area (Å²) in [6.45, 7) is 6.51. The Kier molecular flexibility index (Phi) is 9.03. The first-order valence-electron chi connectivity index (χ1n) is 12.5. The van der Waals surface area contributed by atoms with Gasteiger partial charge in [-0.05, 0) is 44.9 Å². The van der Waals surface area contributed by atoms with Crippen LogP contribution < -0.4 is 0 Å². The standard InChI is InChI=1S/C27H37NO8S/c1-19-10-12-21(13-11-19)37(30,31)34-17-22(29)25-26(36-27(2,3)35-25)24-23(33-18-32-4)14-15-28(24)16-20-8-6-5-7-9-20/h5-13,22-26,29H,14-18H2,1-4H3/t22-,23+,24+,25-,26-/m1/s1. The molecule has 0 bridgehead atoms. The van der Waals surface area contributed by atoms with Crippen LogP contribution in [0.25, 0.3) is 0 Å². The number of nitrogens with zero attached hydrogens (tertiary/aromatic N) is 1. The summed E-state index contributed by atoms with van der Waals surface area (Å²) in [6.07, 6.45) is -2.16. The molecule has 0 unspecified atom stereocenters. The molecular formula is C27H37NO8S. The molecule has 4 rings (SSSR count). The third kappa shape index (κ3) is 6.96. The Balaban J connectivity index is 1.53. The van der Waals surface area contributed by atoms with E-state index in [-0.39, 0.29) is 23.8 Å². The summed E-state index contributed by atoms with van der Waals surface area (Å²) in [7, 11) is -2.48. The number of hydrogen-bond acceptors (Lipinski definition) is 9. The molecule has 0 saturated carbocycles. The molecule has 2 saturated heterocycles. The van der Waals surface area contributed by atoms with E-state index in [1.54, 1.807) is 33.1 Å². The number of likely N-dealkylation sites (tertiary alicyclic amines) is 1. The molecule has 5 atom stereocenters. The maximum absolute atomic E-state index is 12.7. The second kappa shape index (κ2) is 11.9. The highest BCUT2D eigenvalue weighted by Crippen LogP contribution is 2.38. The van der Waals surface area contributed by atoms with Gasteiger partial charge in [-0.1, -0.05) is 48.0 Å². The molecule has 2 aliphatic rings. The quantitative estimate of drug-likeness (QED) is 0.344. The molecule has 2 aliphatic heterocycles. The summed E-state index contributed by atoms with van der Waals surface area (Å²) in [6, 6.07) is 16.2. The van der Waals surface area contributed by atoms with Gasteiger partial charge in [0.1, 0.15) is 25.1 Å². The summed E-state index contributed by atoms with van der Waals surface area (Å²) in [5.41, 5.74) is 2.07. The largest absolute Gasteiger partial charge is 0.388 e. The number of aliphatic hydroxyl groups excluding tert-OH is 1. The monoisotopic (exact) mass is 535 g/mol. The zero-order valence-electron chi connectivity index (χ0n) is 21.8. The minimum Gasteiger partial charge on any atom is -0.388 e. The van der Waals surface area contributed by atoms with Gasteiger partial charge in [0.15, 0.2) is 5.79 Å². The van der Waals surface area contributed by atoms with Crippen LogP contribution in [0.3, 0.4) is 0 Å². The van der Waals surface area contributed by atoms with Gasteiger partial charge >= 0.3 is 0 Å². The van der Waals surface area contributed by atoms with Crippen LogP contribution in [-0.2, 0) is 39.8 Å². The third-order valence-corrected chi connectivity index (χ3v) is 8.01. The minimum atomic E-state index is -4.05. The lowest BCUT2D eigenvalue weighted by atomic mass is 9.97. The molecule has 2 aromatic carbocycles. The lowest BCUT2D eigenvalue weighted by Gasteiger charge is -2.35. The van der Waals surface area contributed by atoms with Gasteiger partial charge in [-0.15, -0.1) is 0 Å². The highest BCUT2D eigenvalue weighted by Gasteiger charge is 2.53. The number of benzene rings is 2. The first kappa shape index (κ1) is 28.1. The molecule has 0 aromatic heterocycles. The van der Waals surface area contributed by atoms with E-state index in [0.717, 1.165) is 24.1 Å². The minimum absolute atomic E-state index is 0.0311. The molecule has 2 heterocycles. The van der Waals surface area contributed by atoms with E-state index in [0.29, 0.717) is 6.54 Å². The number of hydrogen-bond donors (Lipinski definition) is 1. The Bertz CT molecular complexity index is 1110. The van der Waals surface area contributed by atoms with Crippen molar-refractivity contribution in [3.63, 3.8) is 0 Å².